The van der Waals surface area contributed by atoms with Crippen LogP contribution in [0, 0.1) is 5.51 Å². The predicted octanol–water partition coefficient (Wildman–Crippen LogP) is 1.25. The molecular formula is C12H16NRbS. The van der Waals surface area contributed by atoms with Crippen LogP contribution in [0.25, 0.3) is 10.2 Å². The molecule has 0 saturated carbocycles. The second kappa shape index (κ2) is 8.07. The predicted molar refractivity (Wildman–Crippen MR) is 63.9 cm³/mol. The van der Waals surface area contributed by atoms with E-state index in [4.69, 9.17) is 0 Å². The summed E-state index contributed by atoms with van der Waals surface area (Å²) < 4.78 is 1.24. The van der Waals surface area contributed by atoms with E-state index in [0.29, 0.717) is 5.92 Å². The average molecular weight is 292 g/mol. The summed E-state index contributed by atoms with van der Waals surface area (Å²) in [4.78, 5) is 4.11. The Kier molecular flexibility index (Phi) is 8.56. The molecule has 0 N–H and O–H groups in total. The Bertz CT molecular complexity index is 395. The first-order valence-electron chi connectivity index (χ1n) is 5.04. The van der Waals surface area contributed by atoms with Gasteiger partial charge in [-0.3, -0.25) is 11.3 Å². The zero-order valence-corrected chi connectivity index (χ0v) is 15.9. The van der Waals surface area contributed by atoms with Gasteiger partial charge in [0.1, 0.15) is 0 Å². The molecule has 1 aromatic carbocycles. The zero-order valence-electron chi connectivity index (χ0n) is 10.2. The maximum Gasteiger partial charge on any atom is 1.00 e. The van der Waals surface area contributed by atoms with Crippen LogP contribution >= 0.6 is 11.3 Å². The molecule has 1 heterocycles. The maximum absolute atomic E-state index is 4.11. The van der Waals surface area contributed by atoms with Crippen LogP contribution in [0.2, 0.25) is 0 Å². The van der Waals surface area contributed by atoms with Crippen molar-refractivity contribution in [3.8, 4) is 0 Å². The SMILES string of the molecule is CC.CC(C)c1ccc2n[c-]sc2c1.[Rb+]. The van der Waals surface area contributed by atoms with Gasteiger partial charge >= 0.3 is 58.2 Å². The fraction of sp³-hybridized carbons (Fsp3) is 0.417. The second-order valence-electron chi connectivity index (χ2n) is 3.19. The van der Waals surface area contributed by atoms with Crippen molar-refractivity contribution in [2.24, 2.45) is 0 Å². The van der Waals surface area contributed by atoms with Crippen LogP contribution in [0.1, 0.15) is 39.2 Å². The first-order chi connectivity index (χ1) is 6.77. The normalized spacial score (nSPS) is 9.40. The van der Waals surface area contributed by atoms with Crippen molar-refractivity contribution in [2.75, 3.05) is 0 Å². The molecule has 0 aliphatic rings. The van der Waals surface area contributed by atoms with Gasteiger partial charge in [0.2, 0.25) is 0 Å². The van der Waals surface area contributed by atoms with Crippen molar-refractivity contribution in [1.29, 1.82) is 0 Å². The number of thiazole rings is 1. The van der Waals surface area contributed by atoms with Crippen LogP contribution in [-0.2, 0) is 0 Å². The molecule has 15 heavy (non-hydrogen) atoms. The topological polar surface area (TPSA) is 12.9 Å². The van der Waals surface area contributed by atoms with E-state index in [9.17, 15) is 0 Å². The summed E-state index contributed by atoms with van der Waals surface area (Å²) in [6.45, 7) is 8.40. The molecule has 0 radical (unpaired) electrons. The van der Waals surface area contributed by atoms with Gasteiger partial charge in [-0.15, -0.1) is 12.1 Å². The molecule has 0 aliphatic carbocycles. The summed E-state index contributed by atoms with van der Waals surface area (Å²) in [5.41, 5.74) is 5.33. The van der Waals surface area contributed by atoms with Gasteiger partial charge in [-0.25, -0.2) is 0 Å². The molecule has 0 aliphatic heterocycles. The maximum atomic E-state index is 4.11. The number of aromatic nitrogens is 1. The summed E-state index contributed by atoms with van der Waals surface area (Å²) in [5, 5.41) is 0. The summed E-state index contributed by atoms with van der Waals surface area (Å²) in [5.74, 6) is 0.594. The molecule has 0 bridgehead atoms. The van der Waals surface area contributed by atoms with Crippen molar-refractivity contribution in [3.05, 3.63) is 29.3 Å². The molecule has 0 atom stereocenters. The van der Waals surface area contributed by atoms with Gasteiger partial charge in [0.05, 0.1) is 0 Å². The van der Waals surface area contributed by atoms with Crippen LogP contribution in [-0.4, -0.2) is 4.98 Å². The van der Waals surface area contributed by atoms with Gasteiger partial charge in [-0.2, -0.15) is 0 Å². The van der Waals surface area contributed by atoms with Gasteiger partial charge < -0.3 is 4.98 Å². The molecule has 2 rings (SSSR count). The molecule has 0 spiro atoms. The van der Waals surface area contributed by atoms with Crippen LogP contribution in [0.15, 0.2) is 18.2 Å². The molecule has 0 unspecified atom stereocenters. The minimum absolute atomic E-state index is 0. The molecule has 3 heteroatoms. The van der Waals surface area contributed by atoms with Crippen molar-refractivity contribution >= 4 is 21.6 Å². The Morgan fingerprint density at radius 2 is 1.93 bits per heavy atom. The molecule has 1 aromatic heterocycles. The minimum atomic E-state index is 0. The van der Waals surface area contributed by atoms with Crippen LogP contribution in [0.3, 0.4) is 0 Å². The molecule has 0 fully saturated rings. The van der Waals surface area contributed by atoms with E-state index >= 15 is 0 Å². The van der Waals surface area contributed by atoms with E-state index in [-0.39, 0.29) is 58.2 Å². The van der Waals surface area contributed by atoms with E-state index < -0.39 is 0 Å². The number of nitrogens with zero attached hydrogens (tertiary/aromatic N) is 1. The Labute approximate surface area is 145 Å². The summed E-state index contributed by atoms with van der Waals surface area (Å²) >= 11 is 1.58. The van der Waals surface area contributed by atoms with E-state index in [1.165, 1.54) is 10.3 Å². The molecule has 0 saturated heterocycles. The van der Waals surface area contributed by atoms with E-state index in [2.05, 4.69) is 42.5 Å². The number of hydrogen-bond acceptors (Lipinski definition) is 2. The number of benzene rings is 1. The fourth-order valence-electron chi connectivity index (χ4n) is 1.19. The van der Waals surface area contributed by atoms with Gasteiger partial charge in [-0.05, 0) is 11.4 Å². The number of hydrogen-bond donors (Lipinski definition) is 0. The number of fused-ring (bicyclic) bond motifs is 1. The Morgan fingerprint density at radius 3 is 2.53 bits per heavy atom. The van der Waals surface area contributed by atoms with Gasteiger partial charge in [0, 0.05) is 0 Å². The number of rotatable bonds is 1. The monoisotopic (exact) mass is 291 g/mol. The van der Waals surface area contributed by atoms with Crippen molar-refractivity contribution in [1.82, 2.24) is 4.98 Å². The third kappa shape index (κ3) is 4.35. The van der Waals surface area contributed by atoms with Crippen LogP contribution in [0.4, 0.5) is 0 Å². The average Bonchev–Trinajstić information content (AvgIpc) is 2.67. The summed E-state index contributed by atoms with van der Waals surface area (Å²) in [6.07, 6.45) is 0. The molecule has 1 nitrogen and oxygen atoms in total. The van der Waals surface area contributed by atoms with E-state index in [1.54, 1.807) is 11.3 Å². The zero-order chi connectivity index (χ0) is 10.6. The standard InChI is InChI=1S/C10H10NS.C2H6.Rb/c1-7(2)8-3-4-9-10(5-8)12-6-11-9;1-2;/h3-5,7H,1-2H3;1-2H3;/q-1;;+1. The van der Waals surface area contributed by atoms with Crippen molar-refractivity contribution < 1.29 is 58.2 Å². The van der Waals surface area contributed by atoms with E-state index in [1.807, 2.05) is 13.8 Å². The van der Waals surface area contributed by atoms with Gasteiger partial charge in [0.25, 0.3) is 0 Å². The molecule has 0 amide bonds. The van der Waals surface area contributed by atoms with Gasteiger partial charge in [0.15, 0.2) is 0 Å². The molecule has 2 aromatic rings. The minimum Gasteiger partial charge on any atom is -0.386 e. The van der Waals surface area contributed by atoms with Crippen LogP contribution < -0.4 is 58.2 Å². The first-order valence-corrected chi connectivity index (χ1v) is 5.85. The van der Waals surface area contributed by atoms with Crippen LogP contribution in [0.5, 0.6) is 0 Å². The van der Waals surface area contributed by atoms with E-state index in [0.717, 1.165) is 5.52 Å². The molecule has 76 valence electrons. The Hall–Kier alpha value is 0.915. The largest absolute Gasteiger partial charge is 1.00 e. The third-order valence-electron chi connectivity index (χ3n) is 1.97. The molecular weight excluding hydrogens is 276 g/mol. The smallest absolute Gasteiger partial charge is 0.386 e. The summed E-state index contributed by atoms with van der Waals surface area (Å²) in [6, 6.07) is 6.41. The Morgan fingerprint density at radius 1 is 1.27 bits per heavy atom. The third-order valence-corrected chi connectivity index (χ3v) is 2.70. The Balaban J connectivity index is 0.000000617. The van der Waals surface area contributed by atoms with Crippen molar-refractivity contribution in [3.63, 3.8) is 0 Å². The van der Waals surface area contributed by atoms with Gasteiger partial charge in [-0.1, -0.05) is 49.5 Å². The second-order valence-corrected chi connectivity index (χ2v) is 4.01. The first kappa shape index (κ1) is 15.9. The van der Waals surface area contributed by atoms with Crippen molar-refractivity contribution in [2.45, 2.75) is 33.6 Å². The summed E-state index contributed by atoms with van der Waals surface area (Å²) in [7, 11) is 0. The quantitative estimate of drug-likeness (QED) is 0.721. The fourth-order valence-corrected chi connectivity index (χ4v) is 1.84.